The summed E-state index contributed by atoms with van der Waals surface area (Å²) in [5.74, 6) is -0.785. The number of benzene rings is 2. The summed E-state index contributed by atoms with van der Waals surface area (Å²) < 4.78 is 27.8. The molecular formula is C26H29N5O4S2. The lowest BCUT2D eigenvalue weighted by molar-refractivity contribution is -0.115. The SMILES string of the molecule is CC(Sc1ccc(S(=O)(=O)N2CCN(Cc3ccccc3)CC2)cn1)C(=O)Nc1ccc(C(N)=O)cc1. The molecule has 2 heterocycles. The van der Waals surface area contributed by atoms with E-state index in [1.165, 1.54) is 33.9 Å². The van der Waals surface area contributed by atoms with E-state index in [4.69, 9.17) is 5.73 Å². The van der Waals surface area contributed by atoms with Gasteiger partial charge in [0.1, 0.15) is 4.90 Å². The van der Waals surface area contributed by atoms with Crippen molar-refractivity contribution in [2.24, 2.45) is 5.73 Å². The molecule has 11 heteroatoms. The number of thioether (sulfide) groups is 1. The van der Waals surface area contributed by atoms with Crippen molar-refractivity contribution in [1.82, 2.24) is 14.2 Å². The Kier molecular flexibility index (Phi) is 8.59. The van der Waals surface area contributed by atoms with Gasteiger partial charge in [-0.1, -0.05) is 42.1 Å². The molecule has 37 heavy (non-hydrogen) atoms. The number of nitrogens with one attached hydrogen (secondary N) is 1. The summed E-state index contributed by atoms with van der Waals surface area (Å²) >= 11 is 1.22. The van der Waals surface area contributed by atoms with Crippen molar-refractivity contribution in [1.29, 1.82) is 0 Å². The molecule has 1 aliphatic rings. The predicted molar refractivity (Wildman–Crippen MR) is 144 cm³/mol. The van der Waals surface area contributed by atoms with Crippen molar-refractivity contribution in [3.8, 4) is 0 Å². The van der Waals surface area contributed by atoms with Gasteiger partial charge in [-0.2, -0.15) is 4.31 Å². The third kappa shape index (κ3) is 6.95. The molecular weight excluding hydrogens is 510 g/mol. The van der Waals surface area contributed by atoms with Crippen molar-refractivity contribution in [2.75, 3.05) is 31.5 Å². The van der Waals surface area contributed by atoms with Crippen LogP contribution < -0.4 is 11.1 Å². The Bertz CT molecular complexity index is 1330. The largest absolute Gasteiger partial charge is 0.366 e. The Morgan fingerprint density at radius 3 is 2.27 bits per heavy atom. The number of hydrogen-bond donors (Lipinski definition) is 2. The minimum atomic E-state index is -3.65. The van der Waals surface area contributed by atoms with E-state index in [-0.39, 0.29) is 10.8 Å². The zero-order chi connectivity index (χ0) is 26.4. The molecule has 2 aromatic carbocycles. The zero-order valence-corrected chi connectivity index (χ0v) is 22.0. The molecule has 0 saturated carbocycles. The third-order valence-corrected chi connectivity index (χ3v) is 8.96. The second-order valence-electron chi connectivity index (χ2n) is 8.69. The molecule has 0 bridgehead atoms. The molecule has 2 amide bonds. The fourth-order valence-electron chi connectivity index (χ4n) is 3.90. The molecule has 3 aromatic rings. The molecule has 1 saturated heterocycles. The molecule has 0 radical (unpaired) electrons. The molecule has 1 fully saturated rings. The Morgan fingerprint density at radius 2 is 1.68 bits per heavy atom. The van der Waals surface area contributed by atoms with Gasteiger partial charge in [-0.05, 0) is 48.9 Å². The van der Waals surface area contributed by atoms with Crippen LogP contribution in [0.2, 0.25) is 0 Å². The normalized spacial score (nSPS) is 15.7. The lowest BCUT2D eigenvalue weighted by atomic mass is 10.2. The van der Waals surface area contributed by atoms with E-state index in [1.54, 1.807) is 37.3 Å². The number of amides is 2. The smallest absolute Gasteiger partial charge is 0.248 e. The number of sulfonamides is 1. The highest BCUT2D eigenvalue weighted by atomic mass is 32.2. The topological polar surface area (TPSA) is 126 Å². The molecule has 3 N–H and O–H groups in total. The van der Waals surface area contributed by atoms with E-state index in [0.29, 0.717) is 42.5 Å². The van der Waals surface area contributed by atoms with Gasteiger partial charge >= 0.3 is 0 Å². The van der Waals surface area contributed by atoms with Crippen LogP contribution in [0.15, 0.2) is 82.8 Å². The standard InChI is InChI=1S/C26H29N5O4S2/c1-19(26(33)29-22-9-7-21(8-10-22)25(27)32)36-24-12-11-23(17-28-24)37(34,35)31-15-13-30(14-16-31)18-20-5-3-2-4-6-20/h2-12,17,19H,13-16,18H2,1H3,(H2,27,32)(H,29,33). The Labute approximate surface area is 221 Å². The van der Waals surface area contributed by atoms with E-state index < -0.39 is 21.2 Å². The summed E-state index contributed by atoms with van der Waals surface area (Å²) in [6.07, 6.45) is 1.35. The summed E-state index contributed by atoms with van der Waals surface area (Å²) in [7, 11) is -3.65. The monoisotopic (exact) mass is 539 g/mol. The number of hydrogen-bond acceptors (Lipinski definition) is 7. The minimum Gasteiger partial charge on any atom is -0.366 e. The number of nitrogens with two attached hydrogens (primary N) is 1. The lowest BCUT2D eigenvalue weighted by Gasteiger charge is -2.33. The number of anilines is 1. The van der Waals surface area contributed by atoms with Crippen LogP contribution in [-0.2, 0) is 21.4 Å². The summed E-state index contributed by atoms with van der Waals surface area (Å²) in [5.41, 5.74) is 7.34. The minimum absolute atomic E-state index is 0.139. The van der Waals surface area contributed by atoms with Gasteiger partial charge < -0.3 is 11.1 Å². The summed E-state index contributed by atoms with van der Waals surface area (Å²) in [6.45, 7) is 4.69. The average molecular weight is 540 g/mol. The van der Waals surface area contributed by atoms with E-state index in [0.717, 1.165) is 6.54 Å². The maximum absolute atomic E-state index is 13.1. The molecule has 1 aromatic heterocycles. The van der Waals surface area contributed by atoms with Crippen molar-refractivity contribution in [3.63, 3.8) is 0 Å². The quantitative estimate of drug-likeness (QED) is 0.401. The van der Waals surface area contributed by atoms with Gasteiger partial charge in [0.05, 0.1) is 10.3 Å². The van der Waals surface area contributed by atoms with Gasteiger partial charge in [0, 0.05) is 50.2 Å². The van der Waals surface area contributed by atoms with Gasteiger partial charge in [0.2, 0.25) is 21.8 Å². The number of rotatable bonds is 9. The summed E-state index contributed by atoms with van der Waals surface area (Å²) in [5, 5.41) is 2.84. The van der Waals surface area contributed by atoms with E-state index in [1.807, 2.05) is 18.2 Å². The van der Waals surface area contributed by atoms with E-state index in [2.05, 4.69) is 27.3 Å². The average Bonchev–Trinajstić information content (AvgIpc) is 2.90. The molecule has 1 aliphatic heterocycles. The highest BCUT2D eigenvalue weighted by Crippen LogP contribution is 2.25. The van der Waals surface area contributed by atoms with Crippen LogP contribution in [0.5, 0.6) is 0 Å². The number of pyridine rings is 1. The number of carbonyl (C=O) groups is 2. The molecule has 0 spiro atoms. The number of piperazine rings is 1. The zero-order valence-electron chi connectivity index (χ0n) is 20.4. The third-order valence-electron chi connectivity index (χ3n) is 6.03. The highest BCUT2D eigenvalue weighted by Gasteiger charge is 2.29. The molecule has 0 aliphatic carbocycles. The van der Waals surface area contributed by atoms with Crippen LogP contribution >= 0.6 is 11.8 Å². The van der Waals surface area contributed by atoms with Crippen LogP contribution in [0.4, 0.5) is 5.69 Å². The number of carbonyl (C=O) groups excluding carboxylic acids is 2. The van der Waals surface area contributed by atoms with E-state index in [9.17, 15) is 18.0 Å². The second kappa shape index (κ2) is 11.9. The second-order valence-corrected chi connectivity index (χ2v) is 12.0. The van der Waals surface area contributed by atoms with Gasteiger partial charge in [0.15, 0.2) is 0 Å². The fraction of sp³-hybridized carbons (Fsp3) is 0.269. The first-order chi connectivity index (χ1) is 17.7. The number of nitrogens with zero attached hydrogens (tertiary/aromatic N) is 3. The Balaban J connectivity index is 1.30. The van der Waals surface area contributed by atoms with Crippen LogP contribution in [0, 0.1) is 0 Å². The van der Waals surface area contributed by atoms with Crippen LogP contribution in [0.1, 0.15) is 22.8 Å². The predicted octanol–water partition coefficient (Wildman–Crippen LogP) is 2.81. The first-order valence-corrected chi connectivity index (χ1v) is 14.1. The van der Waals surface area contributed by atoms with Crippen LogP contribution in [0.25, 0.3) is 0 Å². The van der Waals surface area contributed by atoms with Crippen LogP contribution in [0.3, 0.4) is 0 Å². The first-order valence-electron chi connectivity index (χ1n) is 11.8. The first kappa shape index (κ1) is 26.8. The van der Waals surface area contributed by atoms with Gasteiger partial charge in [-0.15, -0.1) is 0 Å². The van der Waals surface area contributed by atoms with Crippen molar-refractivity contribution in [3.05, 3.63) is 84.1 Å². The molecule has 1 unspecified atom stereocenters. The van der Waals surface area contributed by atoms with Crippen molar-refractivity contribution in [2.45, 2.75) is 28.6 Å². The number of primary amides is 1. The Hall–Kier alpha value is -3.25. The lowest BCUT2D eigenvalue weighted by Crippen LogP contribution is -2.48. The molecule has 1 atom stereocenters. The molecule has 194 valence electrons. The maximum Gasteiger partial charge on any atom is 0.248 e. The van der Waals surface area contributed by atoms with Crippen molar-refractivity contribution >= 4 is 39.3 Å². The highest BCUT2D eigenvalue weighted by molar-refractivity contribution is 8.00. The molecule has 9 nitrogen and oxygen atoms in total. The Morgan fingerprint density at radius 1 is 1.00 bits per heavy atom. The number of aromatic nitrogens is 1. The molecule has 4 rings (SSSR count). The van der Waals surface area contributed by atoms with Crippen molar-refractivity contribution < 1.29 is 18.0 Å². The van der Waals surface area contributed by atoms with Gasteiger partial charge in [-0.25, -0.2) is 13.4 Å². The maximum atomic E-state index is 13.1. The van der Waals surface area contributed by atoms with Gasteiger partial charge in [-0.3, -0.25) is 14.5 Å². The van der Waals surface area contributed by atoms with E-state index >= 15 is 0 Å². The fourth-order valence-corrected chi connectivity index (χ4v) is 6.06. The van der Waals surface area contributed by atoms with Gasteiger partial charge in [0.25, 0.3) is 0 Å². The summed E-state index contributed by atoms with van der Waals surface area (Å²) in [4.78, 5) is 30.4. The van der Waals surface area contributed by atoms with Crippen LogP contribution in [-0.4, -0.2) is 65.9 Å². The summed E-state index contributed by atoms with van der Waals surface area (Å²) in [6, 6.07) is 19.6.